The second-order valence-electron chi connectivity index (χ2n) is 5.00. The van der Waals surface area contributed by atoms with Crippen LogP contribution in [0.25, 0.3) is 0 Å². The van der Waals surface area contributed by atoms with Crippen LogP contribution in [0, 0.1) is 11.8 Å². The van der Waals surface area contributed by atoms with Gasteiger partial charge in [0.25, 0.3) is 0 Å². The van der Waals surface area contributed by atoms with Crippen molar-refractivity contribution in [3.63, 3.8) is 0 Å². The van der Waals surface area contributed by atoms with E-state index >= 15 is 0 Å². The van der Waals surface area contributed by atoms with Crippen molar-refractivity contribution in [3.05, 3.63) is 48.0 Å². The SMILES string of the molecule is C1=CC2CC2CC1c1ccccc1.CC.CCC. The van der Waals surface area contributed by atoms with Crippen molar-refractivity contribution in [2.75, 3.05) is 0 Å². The highest BCUT2D eigenvalue weighted by Gasteiger charge is 2.38. The van der Waals surface area contributed by atoms with Crippen LogP contribution < -0.4 is 0 Å². The smallest absolute Gasteiger partial charge is 0.00209 e. The van der Waals surface area contributed by atoms with Crippen LogP contribution in [0.5, 0.6) is 0 Å². The Labute approximate surface area is 113 Å². The number of hydrogen-bond acceptors (Lipinski definition) is 0. The third-order valence-corrected chi connectivity index (χ3v) is 3.35. The standard InChI is InChI=1S/C13H14.C3H8.C2H6/c1-2-4-10(5-3-1)11-6-7-12-9-13(12)8-11;1-3-2;1-2/h1-7,11-13H,8-9H2;3H2,1-2H3;1-2H3. The molecule has 0 saturated heterocycles. The highest BCUT2D eigenvalue weighted by Crippen LogP contribution is 2.49. The van der Waals surface area contributed by atoms with E-state index in [1.54, 1.807) is 0 Å². The number of rotatable bonds is 1. The Morgan fingerprint density at radius 2 is 1.56 bits per heavy atom. The molecule has 18 heavy (non-hydrogen) atoms. The van der Waals surface area contributed by atoms with Crippen molar-refractivity contribution in [2.45, 2.75) is 52.9 Å². The first-order chi connectivity index (χ1) is 8.85. The molecule has 3 atom stereocenters. The molecule has 0 bridgehead atoms. The Morgan fingerprint density at radius 1 is 0.944 bits per heavy atom. The van der Waals surface area contributed by atoms with Gasteiger partial charge in [-0.1, -0.05) is 76.6 Å². The lowest BCUT2D eigenvalue weighted by Crippen LogP contribution is -2.00. The molecular weight excluding hydrogens is 216 g/mol. The molecule has 0 nitrogen and oxygen atoms in total. The summed E-state index contributed by atoms with van der Waals surface area (Å²) in [5.74, 6) is 2.65. The minimum atomic E-state index is 0.699. The van der Waals surface area contributed by atoms with Crippen LogP contribution in [-0.2, 0) is 0 Å². The molecular formula is C18H28. The van der Waals surface area contributed by atoms with Crippen molar-refractivity contribution in [1.29, 1.82) is 0 Å². The molecule has 0 heterocycles. The summed E-state index contributed by atoms with van der Waals surface area (Å²) >= 11 is 0. The maximum absolute atomic E-state index is 2.42. The second kappa shape index (κ2) is 8.13. The molecule has 0 aromatic heterocycles. The van der Waals surface area contributed by atoms with Crippen LogP contribution in [0.1, 0.15) is 58.4 Å². The summed E-state index contributed by atoms with van der Waals surface area (Å²) in [6.45, 7) is 8.25. The van der Waals surface area contributed by atoms with Gasteiger partial charge in [0.05, 0.1) is 0 Å². The van der Waals surface area contributed by atoms with Gasteiger partial charge >= 0.3 is 0 Å². The zero-order chi connectivity index (χ0) is 13.4. The van der Waals surface area contributed by atoms with Gasteiger partial charge in [-0.25, -0.2) is 0 Å². The Morgan fingerprint density at radius 3 is 2.11 bits per heavy atom. The monoisotopic (exact) mass is 244 g/mol. The highest BCUT2D eigenvalue weighted by molar-refractivity contribution is 5.27. The highest BCUT2D eigenvalue weighted by atomic mass is 14.4. The van der Waals surface area contributed by atoms with Gasteiger partial charge in [-0.2, -0.15) is 0 Å². The minimum absolute atomic E-state index is 0.699. The van der Waals surface area contributed by atoms with E-state index in [2.05, 4.69) is 56.3 Å². The van der Waals surface area contributed by atoms with Gasteiger partial charge in [0.2, 0.25) is 0 Å². The molecule has 2 aliphatic rings. The predicted octanol–water partition coefficient (Wildman–Crippen LogP) is 5.81. The number of fused-ring (bicyclic) bond motifs is 1. The molecule has 0 heteroatoms. The normalized spacial score (nSPS) is 27.0. The first-order valence-corrected chi connectivity index (χ1v) is 7.58. The van der Waals surface area contributed by atoms with E-state index in [1.807, 2.05) is 13.8 Å². The van der Waals surface area contributed by atoms with Crippen LogP contribution in [0.4, 0.5) is 0 Å². The third kappa shape index (κ3) is 4.33. The van der Waals surface area contributed by atoms with E-state index < -0.39 is 0 Å². The summed E-state index contributed by atoms with van der Waals surface area (Å²) < 4.78 is 0. The van der Waals surface area contributed by atoms with Crippen molar-refractivity contribution >= 4 is 0 Å². The van der Waals surface area contributed by atoms with E-state index in [9.17, 15) is 0 Å². The topological polar surface area (TPSA) is 0 Å². The number of allylic oxidation sites excluding steroid dienone is 2. The van der Waals surface area contributed by atoms with Crippen molar-refractivity contribution in [3.8, 4) is 0 Å². The summed E-state index contributed by atoms with van der Waals surface area (Å²) in [5.41, 5.74) is 1.49. The summed E-state index contributed by atoms with van der Waals surface area (Å²) in [6.07, 6.45) is 8.90. The quantitative estimate of drug-likeness (QED) is 0.547. The molecule has 1 fully saturated rings. The molecule has 0 amide bonds. The second-order valence-corrected chi connectivity index (χ2v) is 5.00. The van der Waals surface area contributed by atoms with Crippen LogP contribution in [0.3, 0.4) is 0 Å². The lowest BCUT2D eigenvalue weighted by molar-refractivity contribution is 0.615. The zero-order valence-corrected chi connectivity index (χ0v) is 12.4. The number of benzene rings is 1. The number of hydrogen-bond donors (Lipinski definition) is 0. The summed E-state index contributed by atoms with van der Waals surface area (Å²) in [7, 11) is 0. The summed E-state index contributed by atoms with van der Waals surface area (Å²) in [5, 5.41) is 0. The van der Waals surface area contributed by atoms with E-state index in [0.29, 0.717) is 5.92 Å². The Balaban J connectivity index is 0.000000288. The molecule has 3 unspecified atom stereocenters. The average molecular weight is 244 g/mol. The van der Waals surface area contributed by atoms with Crippen LogP contribution in [-0.4, -0.2) is 0 Å². The predicted molar refractivity (Wildman–Crippen MR) is 81.9 cm³/mol. The Kier molecular flexibility index (Phi) is 6.78. The Hall–Kier alpha value is -1.04. The Bertz CT molecular complexity index is 336. The van der Waals surface area contributed by atoms with Gasteiger partial charge in [-0.05, 0) is 30.2 Å². The maximum Gasteiger partial charge on any atom is 0.00209 e. The molecule has 1 saturated carbocycles. The van der Waals surface area contributed by atoms with Gasteiger partial charge in [0, 0.05) is 5.92 Å². The first kappa shape index (κ1) is 15.0. The van der Waals surface area contributed by atoms with E-state index in [1.165, 1.54) is 24.8 Å². The first-order valence-electron chi connectivity index (χ1n) is 7.58. The molecule has 0 radical (unpaired) electrons. The lowest BCUT2D eigenvalue weighted by Gasteiger charge is -2.15. The molecule has 2 aliphatic carbocycles. The van der Waals surface area contributed by atoms with Crippen molar-refractivity contribution < 1.29 is 0 Å². The molecule has 0 aliphatic heterocycles. The fourth-order valence-corrected chi connectivity index (χ4v) is 2.41. The van der Waals surface area contributed by atoms with Gasteiger partial charge < -0.3 is 0 Å². The summed E-state index contributed by atoms with van der Waals surface area (Å²) in [6, 6.07) is 10.9. The van der Waals surface area contributed by atoms with Crippen molar-refractivity contribution in [2.24, 2.45) is 11.8 Å². The van der Waals surface area contributed by atoms with Crippen LogP contribution in [0.15, 0.2) is 42.5 Å². The average Bonchev–Trinajstić information content (AvgIpc) is 3.21. The van der Waals surface area contributed by atoms with Gasteiger partial charge in [-0.3, -0.25) is 0 Å². The zero-order valence-electron chi connectivity index (χ0n) is 12.4. The molecule has 0 spiro atoms. The summed E-state index contributed by atoms with van der Waals surface area (Å²) in [4.78, 5) is 0. The van der Waals surface area contributed by atoms with Crippen LogP contribution in [0.2, 0.25) is 0 Å². The van der Waals surface area contributed by atoms with E-state index in [-0.39, 0.29) is 0 Å². The fraction of sp³-hybridized carbons (Fsp3) is 0.556. The van der Waals surface area contributed by atoms with E-state index in [4.69, 9.17) is 0 Å². The molecule has 3 rings (SSSR count). The van der Waals surface area contributed by atoms with Gasteiger partial charge in [-0.15, -0.1) is 0 Å². The minimum Gasteiger partial charge on any atom is -0.0845 e. The van der Waals surface area contributed by atoms with Gasteiger partial charge in [0.15, 0.2) is 0 Å². The van der Waals surface area contributed by atoms with Crippen LogP contribution >= 0.6 is 0 Å². The largest absolute Gasteiger partial charge is 0.0845 e. The third-order valence-electron chi connectivity index (χ3n) is 3.35. The van der Waals surface area contributed by atoms with E-state index in [0.717, 1.165) is 11.8 Å². The van der Waals surface area contributed by atoms with Crippen molar-refractivity contribution in [1.82, 2.24) is 0 Å². The fourth-order valence-electron chi connectivity index (χ4n) is 2.41. The molecule has 1 aromatic rings. The molecule has 0 N–H and O–H groups in total. The molecule has 1 aromatic carbocycles. The molecule has 100 valence electrons. The van der Waals surface area contributed by atoms with Gasteiger partial charge in [0.1, 0.15) is 0 Å². The lowest BCUT2D eigenvalue weighted by atomic mass is 9.89. The maximum atomic E-state index is 2.42.